The Morgan fingerprint density at radius 3 is 2.75 bits per heavy atom. The van der Waals surface area contributed by atoms with Crippen LogP contribution < -0.4 is 5.73 Å². The highest BCUT2D eigenvalue weighted by atomic mass is 16.5. The lowest BCUT2D eigenvalue weighted by Gasteiger charge is -2.19. The van der Waals surface area contributed by atoms with E-state index in [2.05, 4.69) is 4.90 Å². The maximum Gasteiger partial charge on any atom is 0.0595 e. The van der Waals surface area contributed by atoms with Gasteiger partial charge >= 0.3 is 0 Å². The van der Waals surface area contributed by atoms with E-state index in [1.165, 1.54) is 0 Å². The minimum atomic E-state index is -0.127. The van der Waals surface area contributed by atoms with Gasteiger partial charge in [0.25, 0.3) is 0 Å². The lowest BCUT2D eigenvalue weighted by molar-refractivity contribution is 0.171. The Hall–Kier alpha value is -0.160. The van der Waals surface area contributed by atoms with Crippen LogP contribution in [0.1, 0.15) is 6.42 Å². The summed E-state index contributed by atoms with van der Waals surface area (Å²) in [6.07, 6.45) is 1.01. The van der Waals surface area contributed by atoms with Gasteiger partial charge in [0.1, 0.15) is 0 Å². The highest BCUT2D eigenvalue weighted by Crippen LogP contribution is 1.89. The fourth-order valence-corrected chi connectivity index (χ4v) is 1.03. The molecule has 3 N–H and O–H groups in total. The molecule has 0 radical (unpaired) electrons. The largest absolute Gasteiger partial charge is 0.395 e. The first-order chi connectivity index (χ1) is 5.70. The molecule has 0 rings (SSSR count). The first-order valence-electron chi connectivity index (χ1n) is 4.24. The third-order valence-corrected chi connectivity index (χ3v) is 1.67. The topological polar surface area (TPSA) is 58.7 Å². The summed E-state index contributed by atoms with van der Waals surface area (Å²) in [4.78, 5) is 2.10. The Morgan fingerprint density at radius 1 is 1.58 bits per heavy atom. The molecule has 0 heterocycles. The van der Waals surface area contributed by atoms with Gasteiger partial charge in [0.2, 0.25) is 0 Å². The second kappa shape index (κ2) is 7.49. The Kier molecular flexibility index (Phi) is 7.39. The van der Waals surface area contributed by atoms with Gasteiger partial charge in [0, 0.05) is 32.8 Å². The molecule has 1 atom stereocenters. The number of methoxy groups -OCH3 is 1. The summed E-state index contributed by atoms with van der Waals surface area (Å²) >= 11 is 0. The van der Waals surface area contributed by atoms with E-state index in [1.54, 1.807) is 7.11 Å². The molecule has 4 nitrogen and oxygen atoms in total. The van der Waals surface area contributed by atoms with Crippen molar-refractivity contribution in [1.29, 1.82) is 0 Å². The number of ether oxygens (including phenoxy) is 1. The molecule has 0 spiro atoms. The third kappa shape index (κ3) is 6.54. The quantitative estimate of drug-likeness (QED) is 0.502. The minimum absolute atomic E-state index is 0.0502. The van der Waals surface area contributed by atoms with Gasteiger partial charge in [-0.15, -0.1) is 0 Å². The first kappa shape index (κ1) is 11.8. The van der Waals surface area contributed by atoms with Crippen molar-refractivity contribution in [2.24, 2.45) is 5.73 Å². The highest BCUT2D eigenvalue weighted by Gasteiger charge is 2.04. The van der Waals surface area contributed by atoms with Crippen molar-refractivity contribution in [3.63, 3.8) is 0 Å². The number of aliphatic hydroxyl groups is 1. The van der Waals surface area contributed by atoms with E-state index >= 15 is 0 Å². The van der Waals surface area contributed by atoms with Crippen LogP contribution in [0.4, 0.5) is 0 Å². The van der Waals surface area contributed by atoms with Crippen molar-refractivity contribution >= 4 is 0 Å². The van der Waals surface area contributed by atoms with Gasteiger partial charge in [0.05, 0.1) is 6.61 Å². The number of likely N-dealkylation sites (N-methyl/N-ethyl adjacent to an activating group) is 1. The number of nitrogens with zero attached hydrogens (tertiary/aromatic N) is 1. The van der Waals surface area contributed by atoms with E-state index in [-0.39, 0.29) is 12.6 Å². The van der Waals surface area contributed by atoms with E-state index in [9.17, 15) is 0 Å². The summed E-state index contributed by atoms with van der Waals surface area (Å²) in [7, 11) is 3.69. The summed E-state index contributed by atoms with van der Waals surface area (Å²) in [5.74, 6) is 0. The van der Waals surface area contributed by atoms with Crippen LogP contribution in [0, 0.1) is 0 Å². The van der Waals surface area contributed by atoms with Gasteiger partial charge < -0.3 is 20.5 Å². The molecule has 0 saturated carbocycles. The monoisotopic (exact) mass is 176 g/mol. The molecule has 4 heteroatoms. The van der Waals surface area contributed by atoms with E-state index in [0.29, 0.717) is 0 Å². The average Bonchev–Trinajstić information content (AvgIpc) is 2.05. The molecule has 1 unspecified atom stereocenters. The van der Waals surface area contributed by atoms with Crippen molar-refractivity contribution in [3.05, 3.63) is 0 Å². The Bertz CT molecular complexity index is 101. The number of hydrogen-bond acceptors (Lipinski definition) is 4. The summed E-state index contributed by atoms with van der Waals surface area (Å²) in [5.41, 5.74) is 5.56. The van der Waals surface area contributed by atoms with Gasteiger partial charge in [-0.1, -0.05) is 0 Å². The van der Waals surface area contributed by atoms with E-state index < -0.39 is 0 Å². The molecule has 0 aromatic heterocycles. The molecule has 0 aliphatic rings. The van der Waals surface area contributed by atoms with Gasteiger partial charge in [-0.3, -0.25) is 0 Å². The van der Waals surface area contributed by atoms with Crippen molar-refractivity contribution in [3.8, 4) is 0 Å². The molecular formula is C8H20N2O2. The Labute approximate surface area is 74.3 Å². The molecular weight excluding hydrogens is 156 g/mol. The zero-order chi connectivity index (χ0) is 9.40. The summed E-state index contributed by atoms with van der Waals surface area (Å²) in [5, 5.41) is 8.68. The summed E-state index contributed by atoms with van der Waals surface area (Å²) in [6, 6.07) is -0.127. The van der Waals surface area contributed by atoms with Crippen LogP contribution in [0.3, 0.4) is 0 Å². The van der Waals surface area contributed by atoms with Crippen LogP contribution in [0.2, 0.25) is 0 Å². The second-order valence-electron chi connectivity index (χ2n) is 3.05. The van der Waals surface area contributed by atoms with Crippen LogP contribution in [0.25, 0.3) is 0 Å². The number of aliphatic hydroxyl groups excluding tert-OH is 1. The number of nitrogens with two attached hydrogens (primary N) is 1. The van der Waals surface area contributed by atoms with Gasteiger partial charge in [-0.2, -0.15) is 0 Å². The molecule has 74 valence electrons. The van der Waals surface area contributed by atoms with Crippen molar-refractivity contribution < 1.29 is 9.84 Å². The molecule has 0 amide bonds. The zero-order valence-electron chi connectivity index (χ0n) is 7.99. The maximum absolute atomic E-state index is 8.68. The fourth-order valence-electron chi connectivity index (χ4n) is 1.03. The van der Waals surface area contributed by atoms with Crippen molar-refractivity contribution in [2.45, 2.75) is 12.5 Å². The predicted octanol–water partition coefficient (Wildman–Crippen LogP) is -0.726. The molecule has 12 heavy (non-hydrogen) atoms. The normalized spacial score (nSPS) is 13.8. The van der Waals surface area contributed by atoms with Gasteiger partial charge in [0.15, 0.2) is 0 Å². The molecule has 0 aromatic rings. The van der Waals surface area contributed by atoms with Crippen LogP contribution in [-0.4, -0.2) is 56.5 Å². The number of hydrogen-bond donors (Lipinski definition) is 2. The van der Waals surface area contributed by atoms with Crippen LogP contribution in [-0.2, 0) is 4.74 Å². The molecule has 0 bridgehead atoms. The van der Waals surface area contributed by atoms with Crippen LogP contribution in [0.5, 0.6) is 0 Å². The highest BCUT2D eigenvalue weighted by molar-refractivity contribution is 4.63. The molecule has 0 aliphatic carbocycles. The SMILES string of the molecule is COCCCN(C)CC(N)CO. The van der Waals surface area contributed by atoms with Gasteiger partial charge in [-0.25, -0.2) is 0 Å². The lowest BCUT2D eigenvalue weighted by Crippen LogP contribution is -2.38. The smallest absolute Gasteiger partial charge is 0.0595 e. The summed E-state index contributed by atoms with van der Waals surface area (Å²) < 4.78 is 4.92. The van der Waals surface area contributed by atoms with Crippen molar-refractivity contribution in [2.75, 3.05) is 40.5 Å². The standard InChI is InChI=1S/C8H20N2O2/c1-10(4-3-5-12-2)6-8(9)7-11/h8,11H,3-7,9H2,1-2H3. The van der Waals surface area contributed by atoms with E-state index in [0.717, 1.165) is 26.1 Å². The van der Waals surface area contributed by atoms with Crippen molar-refractivity contribution in [1.82, 2.24) is 4.90 Å². The molecule has 0 aromatic carbocycles. The van der Waals surface area contributed by atoms with E-state index in [4.69, 9.17) is 15.6 Å². The minimum Gasteiger partial charge on any atom is -0.395 e. The lowest BCUT2D eigenvalue weighted by atomic mass is 10.3. The first-order valence-corrected chi connectivity index (χ1v) is 4.24. The average molecular weight is 176 g/mol. The molecule has 0 saturated heterocycles. The zero-order valence-corrected chi connectivity index (χ0v) is 7.99. The van der Waals surface area contributed by atoms with E-state index in [1.807, 2.05) is 7.05 Å². The van der Waals surface area contributed by atoms with Crippen LogP contribution >= 0.6 is 0 Å². The Balaban J connectivity index is 3.26. The Morgan fingerprint density at radius 2 is 2.25 bits per heavy atom. The summed E-state index contributed by atoms with van der Waals surface area (Å²) in [6.45, 7) is 2.52. The number of rotatable bonds is 7. The fraction of sp³-hybridized carbons (Fsp3) is 1.00. The maximum atomic E-state index is 8.68. The van der Waals surface area contributed by atoms with Crippen LogP contribution in [0.15, 0.2) is 0 Å². The van der Waals surface area contributed by atoms with Gasteiger partial charge in [-0.05, 0) is 13.5 Å². The molecule has 0 aliphatic heterocycles. The third-order valence-electron chi connectivity index (χ3n) is 1.67. The second-order valence-corrected chi connectivity index (χ2v) is 3.05. The molecule has 0 fully saturated rings. The predicted molar refractivity (Wildman–Crippen MR) is 49.1 cm³/mol.